The van der Waals surface area contributed by atoms with E-state index in [4.69, 9.17) is 58.7 Å². The van der Waals surface area contributed by atoms with E-state index in [-0.39, 0.29) is 16.8 Å². The van der Waals surface area contributed by atoms with Crippen molar-refractivity contribution in [3.8, 4) is 0 Å². The summed E-state index contributed by atoms with van der Waals surface area (Å²) in [5, 5.41) is 47.3. The number of nitrogens with zero attached hydrogens (tertiary/aromatic N) is 1. The second-order valence-corrected chi connectivity index (χ2v) is 9.34. The summed E-state index contributed by atoms with van der Waals surface area (Å²) in [6, 6.07) is 36.1. The average Bonchev–Trinajstić information content (AvgIpc) is 3.08. The van der Waals surface area contributed by atoms with E-state index in [0.717, 1.165) is 22.3 Å². The Bertz CT molecular complexity index is 1250. The monoisotopic (exact) mass is 691 g/mol. The number of hydrogen-bond acceptors (Lipinski definition) is 7. The first-order valence-electron chi connectivity index (χ1n) is 13.4. The normalized spacial score (nSPS) is 13.7. The fourth-order valence-electron chi connectivity index (χ4n) is 3.68. The summed E-state index contributed by atoms with van der Waals surface area (Å²) in [5.74, 6) is -3.54. The number of hydrogen-bond donors (Lipinski definition) is 4. The molecule has 14 nitrogen and oxygen atoms in total. The Labute approximate surface area is 281 Å². The van der Waals surface area contributed by atoms with E-state index in [9.17, 15) is 9.59 Å². The van der Waals surface area contributed by atoms with E-state index in [0.29, 0.717) is 0 Å². The predicted octanol–water partition coefficient (Wildman–Crippen LogP) is 6.78. The average molecular weight is 692 g/mol. The molecule has 47 heavy (non-hydrogen) atoms. The Morgan fingerprint density at radius 2 is 0.638 bits per heavy atom. The molecule has 0 fully saturated rings. The molecule has 0 aliphatic heterocycles. The molecule has 6 unspecified atom stereocenters. The molecular formula is C32H34CoN5O9-2. The predicted molar refractivity (Wildman–Crippen MR) is 172 cm³/mol. The van der Waals surface area contributed by atoms with Gasteiger partial charge in [-0.3, -0.25) is 0 Å². The number of benzene rings is 4. The summed E-state index contributed by atoms with van der Waals surface area (Å²) < 4.78 is 0. The van der Waals surface area contributed by atoms with Crippen molar-refractivity contribution >= 4 is 11.9 Å². The number of rotatable bonds is 9. The van der Waals surface area contributed by atoms with Gasteiger partial charge in [0.15, 0.2) is 12.2 Å². The molecule has 4 rings (SSSR count). The van der Waals surface area contributed by atoms with E-state index < -0.39 is 53.4 Å². The topological polar surface area (TPSA) is 276 Å². The molecule has 0 spiro atoms. The quantitative estimate of drug-likeness (QED) is 0.106. The summed E-state index contributed by atoms with van der Waals surface area (Å²) in [6.07, 6.45) is -4.53. The van der Waals surface area contributed by atoms with Gasteiger partial charge in [-0.1, -0.05) is 144 Å². The molecule has 6 atom stereocenters. The maximum absolute atomic E-state index is 9.77. The molecule has 0 saturated heterocycles. The van der Waals surface area contributed by atoms with Crippen molar-refractivity contribution in [3.05, 3.63) is 182 Å². The Morgan fingerprint density at radius 3 is 0.766 bits per heavy atom. The van der Waals surface area contributed by atoms with E-state index in [1.165, 1.54) is 0 Å². The van der Waals surface area contributed by atoms with Crippen molar-refractivity contribution in [1.82, 2.24) is 0 Å². The molecule has 0 saturated carbocycles. The van der Waals surface area contributed by atoms with Gasteiger partial charge in [-0.25, -0.2) is 9.59 Å². The van der Waals surface area contributed by atoms with Crippen molar-refractivity contribution in [2.45, 2.75) is 36.4 Å². The summed E-state index contributed by atoms with van der Waals surface area (Å²) in [4.78, 5) is 27.8. The molecule has 0 aliphatic carbocycles. The molecule has 4 aromatic rings. The number of nitrogens with one attached hydrogen (secondary N) is 4. The Kier molecular flexibility index (Phi) is 20.5. The van der Waals surface area contributed by atoms with E-state index in [2.05, 4.69) is 0 Å². The molecule has 252 valence electrons. The van der Waals surface area contributed by atoms with E-state index in [1.54, 1.807) is 0 Å². The third-order valence-electron chi connectivity index (χ3n) is 6.11. The van der Waals surface area contributed by atoms with Crippen LogP contribution in [-0.4, -0.2) is 49.7 Å². The standard InChI is InChI=1S/2C14H14N2.C4H6O6.Co.NO3/c2*15-13(11-7-3-1-4-8-11)14(16)12-9-5-2-6-10-12;5-1(3(7)8)2(6)4(9)10;;2-1(3)4/h2*1-10,13-16H;1-2,5-6H,(H,7,8)(H,9,10);;/q2*-2;;+3;-1. The molecular weight excluding hydrogens is 657 g/mol. The van der Waals surface area contributed by atoms with Crippen molar-refractivity contribution in [1.29, 1.82) is 0 Å². The zero-order chi connectivity index (χ0) is 34.6. The van der Waals surface area contributed by atoms with Crippen LogP contribution in [0.4, 0.5) is 0 Å². The van der Waals surface area contributed by atoms with E-state index >= 15 is 0 Å². The third-order valence-corrected chi connectivity index (χ3v) is 6.11. The summed E-state index contributed by atoms with van der Waals surface area (Å²) in [6.45, 7) is 0. The number of carbonyl (C=O) groups is 2. The van der Waals surface area contributed by atoms with Gasteiger partial charge >= 0.3 is 28.7 Å². The number of carboxylic acid groups (broad SMARTS) is 2. The smallest absolute Gasteiger partial charge is 0.672 e. The van der Waals surface area contributed by atoms with Crippen LogP contribution in [0.2, 0.25) is 0 Å². The van der Waals surface area contributed by atoms with Crippen molar-refractivity contribution < 1.29 is 51.9 Å². The zero-order valence-corrected chi connectivity index (χ0v) is 25.7. The maximum Gasteiger partial charge on any atom is 3.00 e. The zero-order valence-electron chi connectivity index (χ0n) is 24.6. The molecule has 0 aliphatic rings. The van der Waals surface area contributed by atoms with Gasteiger partial charge in [-0.15, -0.1) is 24.2 Å². The first-order chi connectivity index (χ1) is 21.8. The van der Waals surface area contributed by atoms with E-state index in [1.807, 2.05) is 121 Å². The van der Waals surface area contributed by atoms with Crippen LogP contribution in [0.25, 0.3) is 22.9 Å². The van der Waals surface area contributed by atoms with Gasteiger partial charge < -0.3 is 58.7 Å². The molecule has 8 N–H and O–H groups in total. The molecule has 0 aromatic heterocycles. The van der Waals surface area contributed by atoms with Crippen LogP contribution in [0.1, 0.15) is 46.4 Å². The van der Waals surface area contributed by atoms with Crippen molar-refractivity contribution in [2.24, 2.45) is 0 Å². The second kappa shape index (κ2) is 22.7. The van der Waals surface area contributed by atoms with Crippen LogP contribution < -0.4 is 0 Å². The van der Waals surface area contributed by atoms with Crippen LogP contribution in [-0.2, 0) is 26.4 Å². The summed E-state index contributed by atoms with van der Waals surface area (Å²) in [5.41, 5.74) is 35.9. The Balaban J connectivity index is 0.000000649. The van der Waals surface area contributed by atoms with Crippen LogP contribution in [0.3, 0.4) is 0 Å². The minimum absolute atomic E-state index is 0. The van der Waals surface area contributed by atoms with Crippen molar-refractivity contribution in [2.75, 3.05) is 0 Å². The minimum Gasteiger partial charge on any atom is -0.672 e. The van der Waals surface area contributed by atoms with Gasteiger partial charge in [0.1, 0.15) is 0 Å². The SMILES string of the molecule is O=C(O)C(O)C(O)C(=O)O.O=[N+]([O-])[O-].[Co+3].[NH-]C(c1ccccc1)C([NH-])c1ccccc1.[NH-]C(c1ccccc1)C([NH-])c1ccccc1. The second-order valence-electron chi connectivity index (χ2n) is 9.34. The molecule has 4 aromatic carbocycles. The van der Waals surface area contributed by atoms with Crippen molar-refractivity contribution in [3.63, 3.8) is 0 Å². The van der Waals surface area contributed by atoms with Gasteiger partial charge in [0.25, 0.3) is 0 Å². The fourth-order valence-corrected chi connectivity index (χ4v) is 3.68. The van der Waals surface area contributed by atoms with Crippen LogP contribution in [0.5, 0.6) is 0 Å². The van der Waals surface area contributed by atoms with Gasteiger partial charge in [0.05, 0.1) is 5.09 Å². The Morgan fingerprint density at radius 1 is 0.489 bits per heavy atom. The third kappa shape index (κ3) is 15.9. The molecule has 0 heterocycles. The first-order valence-corrected chi connectivity index (χ1v) is 13.4. The molecule has 15 heteroatoms. The first kappa shape index (κ1) is 42.3. The minimum atomic E-state index is -2.27. The fraction of sp³-hybridized carbons (Fsp3) is 0.188. The summed E-state index contributed by atoms with van der Waals surface area (Å²) in [7, 11) is 0. The maximum atomic E-state index is 9.77. The number of aliphatic hydroxyl groups excluding tert-OH is 2. The number of aliphatic carboxylic acids is 2. The van der Waals surface area contributed by atoms with Gasteiger partial charge in [-0.05, 0) is 0 Å². The summed E-state index contributed by atoms with van der Waals surface area (Å²) >= 11 is 0. The number of aliphatic hydroxyl groups is 2. The molecule has 0 amide bonds. The van der Waals surface area contributed by atoms with Crippen LogP contribution >= 0.6 is 0 Å². The van der Waals surface area contributed by atoms with Crippen LogP contribution in [0.15, 0.2) is 121 Å². The van der Waals surface area contributed by atoms with Gasteiger partial charge in [0, 0.05) is 0 Å². The number of carboxylic acids is 2. The molecule has 0 radical (unpaired) electrons. The van der Waals surface area contributed by atoms with Gasteiger partial charge in [-0.2, -0.15) is 0 Å². The largest absolute Gasteiger partial charge is 3.00 e. The molecule has 0 bridgehead atoms. The van der Waals surface area contributed by atoms with Gasteiger partial charge in [0.2, 0.25) is 0 Å². The van der Waals surface area contributed by atoms with Crippen LogP contribution in [0, 0.1) is 15.3 Å². The Hall–Kier alpha value is -4.71.